The molecule has 1 heterocycles. The molecule has 1 aromatic carbocycles. The summed E-state index contributed by atoms with van der Waals surface area (Å²) in [5, 5.41) is 3.82. The Labute approximate surface area is 121 Å². The predicted molar refractivity (Wildman–Crippen MR) is 81.7 cm³/mol. The summed E-state index contributed by atoms with van der Waals surface area (Å²) in [6.07, 6.45) is 9.47. The molecule has 2 aromatic rings. The number of hydrogen-bond acceptors (Lipinski definition) is 2. The Bertz CT molecular complexity index is 538. The summed E-state index contributed by atoms with van der Waals surface area (Å²) in [5.41, 5.74) is 3.10. The van der Waals surface area contributed by atoms with E-state index in [9.17, 15) is 0 Å². The second-order valence-corrected chi connectivity index (χ2v) is 6.25. The molecule has 1 unspecified atom stereocenters. The number of aromatic nitrogens is 2. The molecule has 1 fully saturated rings. The lowest BCUT2D eigenvalue weighted by molar-refractivity contribution is 0.391. The van der Waals surface area contributed by atoms with Gasteiger partial charge in [-0.3, -0.25) is 0 Å². The van der Waals surface area contributed by atoms with Crippen LogP contribution in [-0.4, -0.2) is 21.1 Å². The molecule has 3 rings (SSSR count). The highest BCUT2D eigenvalue weighted by Crippen LogP contribution is 2.39. The second-order valence-electron chi connectivity index (χ2n) is 6.25. The summed E-state index contributed by atoms with van der Waals surface area (Å²) in [6.45, 7) is 5.38. The molecule has 1 atom stereocenters. The molecule has 106 valence electrons. The van der Waals surface area contributed by atoms with E-state index < -0.39 is 0 Å². The summed E-state index contributed by atoms with van der Waals surface area (Å²) in [7, 11) is 0. The molecule has 0 saturated heterocycles. The van der Waals surface area contributed by atoms with E-state index in [1.54, 1.807) is 0 Å². The molecule has 20 heavy (non-hydrogen) atoms. The summed E-state index contributed by atoms with van der Waals surface area (Å²) in [5.74, 6) is 0. The SMILES string of the molecule is Cc1ccc(CC2(NC(C)Cn3ccnc3)CC2)cc1. The molecule has 3 heteroatoms. The van der Waals surface area contributed by atoms with E-state index >= 15 is 0 Å². The highest BCUT2D eigenvalue weighted by molar-refractivity contribution is 5.25. The number of aryl methyl sites for hydroxylation is 1. The summed E-state index contributed by atoms with van der Waals surface area (Å²) < 4.78 is 2.14. The summed E-state index contributed by atoms with van der Waals surface area (Å²) in [6, 6.07) is 9.41. The first-order chi connectivity index (χ1) is 9.65. The third-order valence-corrected chi connectivity index (χ3v) is 4.11. The molecule has 1 aliphatic carbocycles. The molecule has 1 aliphatic rings. The lowest BCUT2D eigenvalue weighted by Gasteiger charge is -2.23. The topological polar surface area (TPSA) is 29.9 Å². The second kappa shape index (κ2) is 5.41. The highest BCUT2D eigenvalue weighted by atomic mass is 15.1. The molecule has 3 nitrogen and oxygen atoms in total. The van der Waals surface area contributed by atoms with Crippen LogP contribution in [-0.2, 0) is 13.0 Å². The van der Waals surface area contributed by atoms with Gasteiger partial charge in [-0.05, 0) is 38.7 Å². The predicted octanol–water partition coefficient (Wildman–Crippen LogP) is 2.94. The Morgan fingerprint density at radius 3 is 2.65 bits per heavy atom. The maximum atomic E-state index is 4.10. The monoisotopic (exact) mass is 269 g/mol. The van der Waals surface area contributed by atoms with Gasteiger partial charge in [0.15, 0.2) is 0 Å². The Morgan fingerprint density at radius 2 is 2.05 bits per heavy atom. The number of benzene rings is 1. The number of imidazole rings is 1. The number of nitrogens with one attached hydrogen (secondary N) is 1. The van der Waals surface area contributed by atoms with Gasteiger partial charge >= 0.3 is 0 Å². The largest absolute Gasteiger partial charge is 0.336 e. The first-order valence-corrected chi connectivity index (χ1v) is 7.44. The van der Waals surface area contributed by atoms with Crippen molar-refractivity contribution in [1.82, 2.24) is 14.9 Å². The van der Waals surface area contributed by atoms with Crippen molar-refractivity contribution in [1.29, 1.82) is 0 Å². The Kier molecular flexibility index (Phi) is 3.62. The van der Waals surface area contributed by atoms with Gasteiger partial charge in [-0.2, -0.15) is 0 Å². The third kappa shape index (κ3) is 3.28. The van der Waals surface area contributed by atoms with Crippen LogP contribution in [0, 0.1) is 6.92 Å². The summed E-state index contributed by atoms with van der Waals surface area (Å²) >= 11 is 0. The minimum atomic E-state index is 0.329. The fourth-order valence-electron chi connectivity index (χ4n) is 2.90. The molecule has 0 aliphatic heterocycles. The molecule has 1 N–H and O–H groups in total. The van der Waals surface area contributed by atoms with Crippen molar-refractivity contribution in [2.45, 2.75) is 51.2 Å². The first-order valence-electron chi connectivity index (χ1n) is 7.44. The van der Waals surface area contributed by atoms with Crippen molar-refractivity contribution in [3.8, 4) is 0 Å². The van der Waals surface area contributed by atoms with Crippen molar-refractivity contribution in [2.24, 2.45) is 0 Å². The average molecular weight is 269 g/mol. The molecule has 0 bridgehead atoms. The Balaban J connectivity index is 1.57. The van der Waals surface area contributed by atoms with Crippen LogP contribution in [0.3, 0.4) is 0 Å². The standard InChI is InChI=1S/C17H23N3/c1-14-3-5-16(6-4-14)11-17(7-8-17)19-15(2)12-20-10-9-18-13-20/h3-6,9-10,13,15,19H,7-8,11-12H2,1-2H3. The van der Waals surface area contributed by atoms with Gasteiger partial charge in [0.25, 0.3) is 0 Å². The molecular weight excluding hydrogens is 246 g/mol. The van der Waals surface area contributed by atoms with Gasteiger partial charge in [0.2, 0.25) is 0 Å². The van der Waals surface area contributed by atoms with Crippen molar-refractivity contribution >= 4 is 0 Å². The molecular formula is C17H23N3. The smallest absolute Gasteiger partial charge is 0.0946 e. The fraction of sp³-hybridized carbons (Fsp3) is 0.471. The molecule has 0 amide bonds. The zero-order chi connectivity index (χ0) is 14.0. The number of rotatable bonds is 6. The van der Waals surface area contributed by atoms with Gasteiger partial charge in [0.05, 0.1) is 6.33 Å². The summed E-state index contributed by atoms with van der Waals surface area (Å²) in [4.78, 5) is 4.10. The lowest BCUT2D eigenvalue weighted by atomic mass is 10.0. The van der Waals surface area contributed by atoms with Crippen molar-refractivity contribution in [2.75, 3.05) is 0 Å². The number of hydrogen-bond donors (Lipinski definition) is 1. The van der Waals surface area contributed by atoms with Crippen LogP contribution >= 0.6 is 0 Å². The van der Waals surface area contributed by atoms with Crippen LogP contribution in [0.2, 0.25) is 0 Å². The van der Waals surface area contributed by atoms with Crippen molar-refractivity contribution in [3.63, 3.8) is 0 Å². The van der Waals surface area contributed by atoms with E-state index in [1.165, 1.54) is 24.0 Å². The quantitative estimate of drug-likeness (QED) is 0.874. The van der Waals surface area contributed by atoms with Gasteiger partial charge in [-0.25, -0.2) is 4.98 Å². The van der Waals surface area contributed by atoms with Crippen molar-refractivity contribution < 1.29 is 0 Å². The molecule has 1 saturated carbocycles. The lowest BCUT2D eigenvalue weighted by Crippen LogP contribution is -2.42. The van der Waals surface area contributed by atoms with E-state index in [-0.39, 0.29) is 0 Å². The van der Waals surface area contributed by atoms with Crippen LogP contribution in [0.1, 0.15) is 30.9 Å². The Hall–Kier alpha value is -1.61. The highest BCUT2D eigenvalue weighted by Gasteiger charge is 2.43. The first kappa shape index (κ1) is 13.4. The van der Waals surface area contributed by atoms with Gasteiger partial charge in [0.1, 0.15) is 0 Å². The van der Waals surface area contributed by atoms with Crippen LogP contribution < -0.4 is 5.32 Å². The molecule has 0 spiro atoms. The zero-order valence-corrected chi connectivity index (χ0v) is 12.3. The minimum absolute atomic E-state index is 0.329. The Morgan fingerprint density at radius 1 is 1.30 bits per heavy atom. The van der Waals surface area contributed by atoms with Gasteiger partial charge in [-0.15, -0.1) is 0 Å². The van der Waals surface area contributed by atoms with Gasteiger partial charge < -0.3 is 9.88 Å². The van der Waals surface area contributed by atoms with Crippen LogP contribution in [0.5, 0.6) is 0 Å². The van der Waals surface area contributed by atoms with Gasteiger partial charge in [-0.1, -0.05) is 29.8 Å². The number of nitrogens with zero attached hydrogens (tertiary/aromatic N) is 2. The third-order valence-electron chi connectivity index (χ3n) is 4.11. The van der Waals surface area contributed by atoms with E-state index in [0.29, 0.717) is 11.6 Å². The van der Waals surface area contributed by atoms with Crippen LogP contribution in [0.15, 0.2) is 43.0 Å². The fourth-order valence-corrected chi connectivity index (χ4v) is 2.90. The maximum absolute atomic E-state index is 4.10. The zero-order valence-electron chi connectivity index (χ0n) is 12.3. The van der Waals surface area contributed by atoms with Crippen molar-refractivity contribution in [3.05, 3.63) is 54.1 Å². The van der Waals surface area contributed by atoms with E-state index in [1.807, 2.05) is 18.7 Å². The van der Waals surface area contributed by atoms with E-state index in [4.69, 9.17) is 0 Å². The maximum Gasteiger partial charge on any atom is 0.0946 e. The van der Waals surface area contributed by atoms with Crippen LogP contribution in [0.25, 0.3) is 0 Å². The van der Waals surface area contributed by atoms with Gasteiger partial charge in [0, 0.05) is 30.5 Å². The molecule has 1 aromatic heterocycles. The van der Waals surface area contributed by atoms with Crippen LogP contribution in [0.4, 0.5) is 0 Å². The molecule has 0 radical (unpaired) electrons. The van der Waals surface area contributed by atoms with E-state index in [0.717, 1.165) is 13.0 Å². The average Bonchev–Trinajstić information content (AvgIpc) is 2.96. The van der Waals surface area contributed by atoms with E-state index in [2.05, 4.69) is 53.0 Å². The minimum Gasteiger partial charge on any atom is -0.336 e. The normalized spacial score (nSPS) is 17.9.